The summed E-state index contributed by atoms with van der Waals surface area (Å²) in [5, 5.41) is 3.33. The van der Waals surface area contributed by atoms with Crippen molar-refractivity contribution in [1.29, 1.82) is 0 Å². The van der Waals surface area contributed by atoms with Gasteiger partial charge in [0, 0.05) is 17.4 Å². The lowest BCUT2D eigenvalue weighted by Crippen LogP contribution is -2.46. The largest absolute Gasteiger partial charge is 0.368 e. The predicted molar refractivity (Wildman–Crippen MR) is 69.0 cm³/mol. The molecule has 0 spiro atoms. The molecule has 0 unspecified atom stereocenters. The summed E-state index contributed by atoms with van der Waals surface area (Å²) in [5.41, 5.74) is 6.22. The minimum absolute atomic E-state index is 0.0667. The Morgan fingerprint density at radius 1 is 1.33 bits per heavy atom. The molecule has 0 radical (unpaired) electrons. The van der Waals surface area contributed by atoms with Gasteiger partial charge in [-0.2, -0.15) is 0 Å². The molecule has 2 rings (SSSR count). The third-order valence-corrected chi connectivity index (χ3v) is 3.21. The van der Waals surface area contributed by atoms with Gasteiger partial charge in [0.2, 0.25) is 11.8 Å². The zero-order valence-corrected chi connectivity index (χ0v) is 10.6. The molecule has 1 aliphatic carbocycles. The Morgan fingerprint density at radius 3 is 2.44 bits per heavy atom. The second kappa shape index (κ2) is 5.40. The number of halogens is 1. The minimum Gasteiger partial charge on any atom is -0.368 e. The molecule has 1 aromatic carbocycles. The SMILES string of the molecule is NC(=O)[C@@H](Cc1ccc(Cl)cc1)NC(=O)C1CC1. The van der Waals surface area contributed by atoms with E-state index in [0.29, 0.717) is 11.4 Å². The van der Waals surface area contributed by atoms with E-state index in [0.717, 1.165) is 18.4 Å². The summed E-state index contributed by atoms with van der Waals surface area (Å²) in [6.07, 6.45) is 2.20. The maximum absolute atomic E-state index is 11.6. The fourth-order valence-corrected chi connectivity index (χ4v) is 1.84. The van der Waals surface area contributed by atoms with Gasteiger partial charge in [0.05, 0.1) is 0 Å². The van der Waals surface area contributed by atoms with Gasteiger partial charge < -0.3 is 11.1 Å². The zero-order chi connectivity index (χ0) is 13.1. The number of carbonyl (C=O) groups is 2. The average Bonchev–Trinajstić information content (AvgIpc) is 3.14. The van der Waals surface area contributed by atoms with Crippen molar-refractivity contribution in [3.8, 4) is 0 Å². The number of benzene rings is 1. The van der Waals surface area contributed by atoms with E-state index in [-0.39, 0.29) is 11.8 Å². The first-order valence-electron chi connectivity index (χ1n) is 5.90. The van der Waals surface area contributed by atoms with E-state index in [1.54, 1.807) is 12.1 Å². The molecule has 3 N–H and O–H groups in total. The summed E-state index contributed by atoms with van der Waals surface area (Å²) in [4.78, 5) is 23.0. The van der Waals surface area contributed by atoms with Gasteiger partial charge in [-0.1, -0.05) is 23.7 Å². The van der Waals surface area contributed by atoms with E-state index < -0.39 is 11.9 Å². The van der Waals surface area contributed by atoms with Crippen molar-refractivity contribution >= 4 is 23.4 Å². The summed E-state index contributed by atoms with van der Waals surface area (Å²) in [6.45, 7) is 0. The van der Waals surface area contributed by atoms with Crippen LogP contribution in [0.2, 0.25) is 5.02 Å². The Morgan fingerprint density at radius 2 is 1.94 bits per heavy atom. The van der Waals surface area contributed by atoms with Crippen LogP contribution in [-0.4, -0.2) is 17.9 Å². The Labute approximate surface area is 110 Å². The number of carbonyl (C=O) groups excluding carboxylic acids is 2. The highest BCUT2D eigenvalue weighted by molar-refractivity contribution is 6.30. The molecule has 1 atom stereocenters. The van der Waals surface area contributed by atoms with Gasteiger partial charge in [-0.25, -0.2) is 0 Å². The van der Waals surface area contributed by atoms with Gasteiger partial charge in [0.1, 0.15) is 6.04 Å². The molecule has 0 heterocycles. The van der Waals surface area contributed by atoms with Gasteiger partial charge in [-0.3, -0.25) is 9.59 Å². The van der Waals surface area contributed by atoms with Crippen molar-refractivity contribution in [1.82, 2.24) is 5.32 Å². The summed E-state index contributed by atoms with van der Waals surface area (Å²) in [7, 11) is 0. The van der Waals surface area contributed by atoms with Crippen LogP contribution in [0.4, 0.5) is 0 Å². The first kappa shape index (κ1) is 12.9. The molecule has 5 heteroatoms. The molecule has 2 amide bonds. The number of hydrogen-bond donors (Lipinski definition) is 2. The molecular formula is C13H15ClN2O2. The third-order valence-electron chi connectivity index (χ3n) is 2.96. The molecule has 0 aliphatic heterocycles. The molecule has 1 fully saturated rings. The van der Waals surface area contributed by atoms with Crippen LogP contribution in [-0.2, 0) is 16.0 Å². The minimum atomic E-state index is -0.653. The summed E-state index contributed by atoms with van der Waals surface area (Å²) in [6, 6.07) is 6.48. The van der Waals surface area contributed by atoms with Crippen molar-refractivity contribution in [2.45, 2.75) is 25.3 Å². The molecule has 1 aliphatic rings. The molecule has 0 bridgehead atoms. The quantitative estimate of drug-likeness (QED) is 0.842. The molecule has 1 saturated carbocycles. The summed E-state index contributed by atoms with van der Waals surface area (Å²) < 4.78 is 0. The smallest absolute Gasteiger partial charge is 0.240 e. The van der Waals surface area contributed by atoms with Crippen LogP contribution in [0.15, 0.2) is 24.3 Å². The van der Waals surface area contributed by atoms with Crippen LogP contribution in [0.25, 0.3) is 0 Å². The highest BCUT2D eigenvalue weighted by atomic mass is 35.5. The predicted octanol–water partition coefficient (Wildman–Crippen LogP) is 1.26. The van der Waals surface area contributed by atoms with Crippen molar-refractivity contribution in [3.05, 3.63) is 34.9 Å². The highest BCUT2D eigenvalue weighted by Crippen LogP contribution is 2.29. The highest BCUT2D eigenvalue weighted by Gasteiger charge is 2.32. The second-order valence-corrected chi connectivity index (χ2v) is 5.00. The maximum Gasteiger partial charge on any atom is 0.240 e. The van der Waals surface area contributed by atoms with Crippen LogP contribution >= 0.6 is 11.6 Å². The van der Waals surface area contributed by atoms with E-state index in [9.17, 15) is 9.59 Å². The van der Waals surface area contributed by atoms with Crippen LogP contribution in [0.1, 0.15) is 18.4 Å². The Kier molecular flexibility index (Phi) is 3.87. The van der Waals surface area contributed by atoms with Gasteiger partial charge in [0.15, 0.2) is 0 Å². The Bertz CT molecular complexity index is 455. The van der Waals surface area contributed by atoms with E-state index in [1.807, 2.05) is 12.1 Å². The second-order valence-electron chi connectivity index (χ2n) is 4.57. The third kappa shape index (κ3) is 3.47. The lowest BCUT2D eigenvalue weighted by molar-refractivity contribution is -0.128. The first-order valence-corrected chi connectivity index (χ1v) is 6.28. The zero-order valence-electron chi connectivity index (χ0n) is 9.86. The van der Waals surface area contributed by atoms with Crippen molar-refractivity contribution in [2.24, 2.45) is 11.7 Å². The molecule has 0 aromatic heterocycles. The van der Waals surface area contributed by atoms with E-state index in [4.69, 9.17) is 17.3 Å². The van der Waals surface area contributed by atoms with Gasteiger partial charge in [-0.05, 0) is 30.5 Å². The fraction of sp³-hybridized carbons (Fsp3) is 0.385. The van der Waals surface area contributed by atoms with Crippen molar-refractivity contribution in [3.63, 3.8) is 0 Å². The van der Waals surface area contributed by atoms with Crippen LogP contribution in [0, 0.1) is 5.92 Å². The van der Waals surface area contributed by atoms with Crippen LogP contribution in [0.3, 0.4) is 0 Å². The van der Waals surface area contributed by atoms with Crippen molar-refractivity contribution < 1.29 is 9.59 Å². The van der Waals surface area contributed by atoms with Gasteiger partial charge in [0.25, 0.3) is 0 Å². The summed E-state index contributed by atoms with van der Waals surface area (Å²) in [5.74, 6) is -0.524. The summed E-state index contributed by atoms with van der Waals surface area (Å²) >= 11 is 5.78. The number of rotatable bonds is 5. The number of nitrogens with two attached hydrogens (primary N) is 1. The number of hydrogen-bond acceptors (Lipinski definition) is 2. The Balaban J connectivity index is 1.99. The molecular weight excluding hydrogens is 252 g/mol. The fourth-order valence-electron chi connectivity index (χ4n) is 1.71. The van der Waals surface area contributed by atoms with E-state index in [2.05, 4.69) is 5.32 Å². The average molecular weight is 267 g/mol. The van der Waals surface area contributed by atoms with Crippen molar-refractivity contribution in [2.75, 3.05) is 0 Å². The van der Waals surface area contributed by atoms with E-state index in [1.165, 1.54) is 0 Å². The lowest BCUT2D eigenvalue weighted by Gasteiger charge is -2.15. The maximum atomic E-state index is 11.6. The monoisotopic (exact) mass is 266 g/mol. The molecule has 18 heavy (non-hydrogen) atoms. The molecule has 1 aromatic rings. The number of nitrogens with one attached hydrogen (secondary N) is 1. The van der Waals surface area contributed by atoms with Gasteiger partial charge >= 0.3 is 0 Å². The van der Waals surface area contributed by atoms with Crippen LogP contribution in [0.5, 0.6) is 0 Å². The number of primary amides is 1. The normalized spacial score (nSPS) is 16.1. The lowest BCUT2D eigenvalue weighted by atomic mass is 10.1. The number of amides is 2. The molecule has 96 valence electrons. The van der Waals surface area contributed by atoms with Crippen LogP contribution < -0.4 is 11.1 Å². The van der Waals surface area contributed by atoms with Gasteiger partial charge in [-0.15, -0.1) is 0 Å². The first-order chi connectivity index (χ1) is 8.56. The Hall–Kier alpha value is -1.55. The molecule has 4 nitrogen and oxygen atoms in total. The molecule has 0 saturated heterocycles. The van der Waals surface area contributed by atoms with E-state index >= 15 is 0 Å². The topological polar surface area (TPSA) is 72.2 Å². The standard InChI is InChI=1S/C13H15ClN2O2/c14-10-5-1-8(2-6-10)7-11(12(15)17)16-13(18)9-3-4-9/h1-2,5-6,9,11H,3-4,7H2,(H2,15,17)(H,16,18)/t11-/m1/s1.